The van der Waals surface area contributed by atoms with Crippen molar-refractivity contribution in [2.24, 2.45) is 0 Å². The van der Waals surface area contributed by atoms with Gasteiger partial charge in [0.2, 0.25) is 0 Å². The summed E-state index contributed by atoms with van der Waals surface area (Å²) in [5.41, 5.74) is 1.11. The molecule has 0 aliphatic carbocycles. The monoisotopic (exact) mass is 222 g/mol. The Balaban J connectivity index is 2.05. The van der Waals surface area contributed by atoms with Crippen molar-refractivity contribution in [2.45, 2.75) is 39.4 Å². The zero-order valence-corrected chi connectivity index (χ0v) is 9.81. The number of amides is 2. The Labute approximate surface area is 95.5 Å². The Morgan fingerprint density at radius 1 is 1.50 bits per heavy atom. The average molecular weight is 222 g/mol. The van der Waals surface area contributed by atoms with Gasteiger partial charge in [-0.3, -0.25) is 0 Å². The van der Waals surface area contributed by atoms with E-state index in [2.05, 4.69) is 14.9 Å². The van der Waals surface area contributed by atoms with Crippen molar-refractivity contribution in [3.05, 3.63) is 18.2 Å². The molecule has 0 saturated carbocycles. The molecule has 0 unspecified atom stereocenters. The highest BCUT2D eigenvalue weighted by atomic mass is 16.2. The number of fused-ring (bicyclic) bond motifs is 1. The summed E-state index contributed by atoms with van der Waals surface area (Å²) in [5.74, 6) is 0. The molecule has 1 aliphatic rings. The number of nitrogens with zero attached hydrogens (tertiary/aromatic N) is 3. The molecule has 88 valence electrons. The molecule has 1 N–H and O–H groups in total. The first-order chi connectivity index (χ1) is 7.66. The minimum atomic E-state index is 0.0182. The SMILES string of the molecule is CC(C)NC(=O)N1CCCn2cncc2C1. The maximum absolute atomic E-state index is 11.9. The largest absolute Gasteiger partial charge is 0.336 e. The predicted molar refractivity (Wildman–Crippen MR) is 60.9 cm³/mol. The van der Waals surface area contributed by atoms with Crippen LogP contribution >= 0.6 is 0 Å². The molecule has 1 aliphatic heterocycles. The summed E-state index contributed by atoms with van der Waals surface area (Å²) in [7, 11) is 0. The van der Waals surface area contributed by atoms with E-state index >= 15 is 0 Å². The second-order valence-electron chi connectivity index (χ2n) is 4.46. The fourth-order valence-electron chi connectivity index (χ4n) is 1.90. The van der Waals surface area contributed by atoms with Crippen LogP contribution in [0.5, 0.6) is 0 Å². The quantitative estimate of drug-likeness (QED) is 0.776. The van der Waals surface area contributed by atoms with E-state index in [0.717, 1.165) is 25.2 Å². The molecule has 0 bridgehead atoms. The smallest absolute Gasteiger partial charge is 0.317 e. The standard InChI is InChI=1S/C11H18N4O/c1-9(2)13-11(16)14-4-3-5-15-8-12-6-10(15)7-14/h6,8-9H,3-5,7H2,1-2H3,(H,13,16). The molecule has 5 heteroatoms. The Hall–Kier alpha value is -1.52. The molecule has 2 heterocycles. The van der Waals surface area contributed by atoms with Crippen molar-refractivity contribution in [3.63, 3.8) is 0 Å². The van der Waals surface area contributed by atoms with Crippen LogP contribution in [0.1, 0.15) is 26.0 Å². The Kier molecular flexibility index (Phi) is 3.12. The lowest BCUT2D eigenvalue weighted by molar-refractivity contribution is 0.193. The van der Waals surface area contributed by atoms with Crippen LogP contribution < -0.4 is 5.32 Å². The van der Waals surface area contributed by atoms with Gasteiger partial charge in [-0.05, 0) is 20.3 Å². The maximum atomic E-state index is 11.9. The van der Waals surface area contributed by atoms with Gasteiger partial charge in [0, 0.05) is 25.3 Å². The third-order valence-corrected chi connectivity index (χ3v) is 2.68. The lowest BCUT2D eigenvalue weighted by Crippen LogP contribution is -2.42. The number of aryl methyl sites for hydroxylation is 1. The molecule has 0 spiro atoms. The van der Waals surface area contributed by atoms with Crippen LogP contribution in [0.2, 0.25) is 0 Å². The predicted octanol–water partition coefficient (Wildman–Crippen LogP) is 1.21. The highest BCUT2D eigenvalue weighted by Gasteiger charge is 2.19. The lowest BCUT2D eigenvalue weighted by atomic mass is 10.3. The van der Waals surface area contributed by atoms with E-state index in [9.17, 15) is 4.79 Å². The molecule has 2 rings (SSSR count). The molecular weight excluding hydrogens is 204 g/mol. The summed E-state index contributed by atoms with van der Waals surface area (Å²) in [6.45, 7) is 6.35. The van der Waals surface area contributed by atoms with Gasteiger partial charge in [-0.15, -0.1) is 0 Å². The number of hydrogen-bond donors (Lipinski definition) is 1. The minimum Gasteiger partial charge on any atom is -0.336 e. The van der Waals surface area contributed by atoms with Crippen LogP contribution in [0.25, 0.3) is 0 Å². The van der Waals surface area contributed by atoms with Crippen molar-refractivity contribution in [3.8, 4) is 0 Å². The third-order valence-electron chi connectivity index (χ3n) is 2.68. The van der Waals surface area contributed by atoms with Gasteiger partial charge in [0.1, 0.15) is 0 Å². The van der Waals surface area contributed by atoms with Crippen LogP contribution in [0, 0.1) is 0 Å². The van der Waals surface area contributed by atoms with Gasteiger partial charge < -0.3 is 14.8 Å². The first-order valence-corrected chi connectivity index (χ1v) is 5.71. The number of hydrogen-bond acceptors (Lipinski definition) is 2. The number of aromatic nitrogens is 2. The highest BCUT2D eigenvalue weighted by molar-refractivity contribution is 5.74. The first kappa shape index (κ1) is 11.0. The molecule has 0 radical (unpaired) electrons. The molecule has 5 nitrogen and oxygen atoms in total. The van der Waals surface area contributed by atoms with Crippen molar-refractivity contribution >= 4 is 6.03 Å². The molecular formula is C11H18N4O. The van der Waals surface area contributed by atoms with E-state index in [-0.39, 0.29) is 12.1 Å². The summed E-state index contributed by atoms with van der Waals surface area (Å²) in [5, 5.41) is 2.92. The minimum absolute atomic E-state index is 0.0182. The van der Waals surface area contributed by atoms with Gasteiger partial charge in [0.05, 0.1) is 18.6 Å². The summed E-state index contributed by atoms with van der Waals surface area (Å²) < 4.78 is 2.11. The maximum Gasteiger partial charge on any atom is 0.317 e. The van der Waals surface area contributed by atoms with Gasteiger partial charge in [-0.1, -0.05) is 0 Å². The number of carbonyl (C=O) groups excluding carboxylic acids is 1. The molecule has 2 amide bonds. The van der Waals surface area contributed by atoms with Gasteiger partial charge in [0.15, 0.2) is 0 Å². The van der Waals surface area contributed by atoms with Crippen molar-refractivity contribution in [1.29, 1.82) is 0 Å². The fourth-order valence-corrected chi connectivity index (χ4v) is 1.90. The second kappa shape index (κ2) is 4.55. The van der Waals surface area contributed by atoms with E-state index in [4.69, 9.17) is 0 Å². The summed E-state index contributed by atoms with van der Waals surface area (Å²) in [4.78, 5) is 17.8. The van der Waals surface area contributed by atoms with Crippen LogP contribution in [0.15, 0.2) is 12.5 Å². The van der Waals surface area contributed by atoms with Crippen LogP contribution in [-0.2, 0) is 13.1 Å². The second-order valence-corrected chi connectivity index (χ2v) is 4.46. The van der Waals surface area contributed by atoms with Crippen LogP contribution in [0.4, 0.5) is 4.79 Å². The van der Waals surface area contributed by atoms with E-state index in [1.165, 1.54) is 0 Å². The zero-order chi connectivity index (χ0) is 11.5. The molecule has 0 aromatic carbocycles. The van der Waals surface area contributed by atoms with Crippen LogP contribution in [-0.4, -0.2) is 33.1 Å². The number of urea groups is 1. The molecule has 16 heavy (non-hydrogen) atoms. The molecule has 0 atom stereocenters. The fraction of sp³-hybridized carbons (Fsp3) is 0.636. The van der Waals surface area contributed by atoms with Gasteiger partial charge in [-0.2, -0.15) is 0 Å². The topological polar surface area (TPSA) is 50.2 Å². The van der Waals surface area contributed by atoms with E-state index in [1.54, 1.807) is 0 Å². The number of nitrogens with one attached hydrogen (secondary N) is 1. The van der Waals surface area contributed by atoms with Gasteiger partial charge in [0.25, 0.3) is 0 Å². The first-order valence-electron chi connectivity index (χ1n) is 5.71. The van der Waals surface area contributed by atoms with E-state index in [1.807, 2.05) is 31.3 Å². The normalized spacial score (nSPS) is 15.8. The third kappa shape index (κ3) is 2.35. The van der Waals surface area contributed by atoms with Crippen LogP contribution in [0.3, 0.4) is 0 Å². The number of imidazole rings is 1. The molecule has 1 aromatic rings. The average Bonchev–Trinajstić information content (AvgIpc) is 2.54. The van der Waals surface area contributed by atoms with E-state index < -0.39 is 0 Å². The van der Waals surface area contributed by atoms with Crippen molar-refractivity contribution in [1.82, 2.24) is 19.8 Å². The Morgan fingerprint density at radius 2 is 2.31 bits per heavy atom. The lowest BCUT2D eigenvalue weighted by Gasteiger charge is -2.21. The summed E-state index contributed by atoms with van der Waals surface area (Å²) in [6.07, 6.45) is 4.65. The van der Waals surface area contributed by atoms with E-state index in [0.29, 0.717) is 6.54 Å². The van der Waals surface area contributed by atoms with Crippen molar-refractivity contribution < 1.29 is 4.79 Å². The summed E-state index contributed by atoms with van der Waals surface area (Å²) >= 11 is 0. The highest BCUT2D eigenvalue weighted by Crippen LogP contribution is 2.11. The number of carbonyl (C=O) groups is 1. The molecule has 0 saturated heterocycles. The Bertz CT molecular complexity index is 372. The van der Waals surface area contributed by atoms with Gasteiger partial charge >= 0.3 is 6.03 Å². The zero-order valence-electron chi connectivity index (χ0n) is 9.81. The van der Waals surface area contributed by atoms with Crippen molar-refractivity contribution in [2.75, 3.05) is 6.54 Å². The molecule has 1 aromatic heterocycles. The molecule has 0 fully saturated rings. The summed E-state index contributed by atoms with van der Waals surface area (Å²) in [6, 6.07) is 0.199. The van der Waals surface area contributed by atoms with Gasteiger partial charge in [-0.25, -0.2) is 9.78 Å². The Morgan fingerprint density at radius 3 is 3.06 bits per heavy atom. The number of rotatable bonds is 1.